The van der Waals surface area contributed by atoms with Crippen LogP contribution in [0.25, 0.3) is 0 Å². The maximum absolute atomic E-state index is 12.6. The number of rotatable bonds is 5. The van der Waals surface area contributed by atoms with E-state index < -0.39 is 17.8 Å². The first kappa shape index (κ1) is 14.6. The Morgan fingerprint density at radius 2 is 2.10 bits per heavy atom. The maximum Gasteiger partial charge on any atom is 0.433 e. The molecule has 0 spiro atoms. The van der Waals surface area contributed by atoms with Crippen LogP contribution in [0.15, 0.2) is 12.1 Å². The monoisotopic (exact) mass is 287 g/mol. The smallest absolute Gasteiger partial charge is 0.369 e. The molecule has 20 heavy (non-hydrogen) atoms. The topological polar surface area (TPSA) is 68.0 Å². The number of nitrogens with two attached hydrogens (primary N) is 1. The summed E-state index contributed by atoms with van der Waals surface area (Å²) in [5, 5.41) is 2.85. The van der Waals surface area contributed by atoms with Gasteiger partial charge in [-0.05, 0) is 36.8 Å². The average Bonchev–Trinajstić information content (AvgIpc) is 3.15. The second-order valence-corrected chi connectivity index (χ2v) is 5.16. The lowest BCUT2D eigenvalue weighted by molar-refractivity contribution is -0.141. The fourth-order valence-corrected chi connectivity index (χ4v) is 2.05. The summed E-state index contributed by atoms with van der Waals surface area (Å²) in [7, 11) is 0. The molecule has 0 saturated heterocycles. The number of alkyl halides is 3. The van der Waals surface area contributed by atoms with E-state index >= 15 is 0 Å². The molecular weight excluding hydrogens is 271 g/mol. The van der Waals surface area contributed by atoms with Crippen LogP contribution in [0.5, 0.6) is 0 Å². The van der Waals surface area contributed by atoms with Crippen LogP contribution in [0.2, 0.25) is 0 Å². The molecule has 1 aliphatic carbocycles. The van der Waals surface area contributed by atoms with Crippen molar-refractivity contribution in [3.05, 3.63) is 23.4 Å². The van der Waals surface area contributed by atoms with E-state index in [1.165, 1.54) is 0 Å². The summed E-state index contributed by atoms with van der Waals surface area (Å²) in [6.45, 7) is 2.53. The number of nitrogens with one attached hydrogen (secondary N) is 1. The van der Waals surface area contributed by atoms with Crippen LogP contribution in [-0.4, -0.2) is 17.4 Å². The van der Waals surface area contributed by atoms with Crippen molar-refractivity contribution in [3.63, 3.8) is 0 Å². The summed E-state index contributed by atoms with van der Waals surface area (Å²) in [6, 6.07) is 1.82. The van der Waals surface area contributed by atoms with Gasteiger partial charge in [-0.15, -0.1) is 0 Å². The molecule has 110 valence electrons. The molecule has 0 unspecified atom stereocenters. The molecule has 7 heteroatoms. The lowest BCUT2D eigenvalue weighted by atomic mass is 10.0. The number of halogens is 3. The van der Waals surface area contributed by atoms with Crippen molar-refractivity contribution in [2.45, 2.75) is 32.4 Å². The minimum atomic E-state index is -4.55. The van der Waals surface area contributed by atoms with Gasteiger partial charge in [0.25, 0.3) is 5.91 Å². The van der Waals surface area contributed by atoms with Crippen molar-refractivity contribution in [1.82, 2.24) is 4.98 Å². The van der Waals surface area contributed by atoms with E-state index in [1.807, 2.05) is 6.92 Å². The van der Waals surface area contributed by atoms with Gasteiger partial charge in [-0.25, -0.2) is 4.98 Å². The van der Waals surface area contributed by atoms with Crippen LogP contribution in [0, 0.1) is 5.41 Å². The number of primary amides is 1. The summed E-state index contributed by atoms with van der Waals surface area (Å²) in [4.78, 5) is 14.7. The quantitative estimate of drug-likeness (QED) is 0.875. The van der Waals surface area contributed by atoms with Crippen molar-refractivity contribution in [1.29, 1.82) is 0 Å². The molecule has 1 heterocycles. The average molecular weight is 287 g/mol. The lowest BCUT2D eigenvalue weighted by Crippen LogP contribution is -2.21. The van der Waals surface area contributed by atoms with Crippen molar-refractivity contribution in [2.75, 3.05) is 11.9 Å². The highest BCUT2D eigenvalue weighted by Crippen LogP contribution is 2.48. The van der Waals surface area contributed by atoms with Gasteiger partial charge in [-0.1, -0.05) is 6.92 Å². The van der Waals surface area contributed by atoms with E-state index in [-0.39, 0.29) is 16.8 Å². The number of carbonyl (C=O) groups is 1. The van der Waals surface area contributed by atoms with Crippen LogP contribution in [0.1, 0.15) is 42.2 Å². The lowest BCUT2D eigenvalue weighted by Gasteiger charge is -2.16. The molecule has 1 fully saturated rings. The molecule has 0 bridgehead atoms. The third kappa shape index (κ3) is 3.02. The molecule has 1 amide bonds. The first-order valence-corrected chi connectivity index (χ1v) is 6.39. The number of aromatic nitrogens is 1. The van der Waals surface area contributed by atoms with E-state index in [2.05, 4.69) is 10.3 Å². The number of amides is 1. The van der Waals surface area contributed by atoms with Gasteiger partial charge >= 0.3 is 6.18 Å². The minimum absolute atomic E-state index is 0.0232. The highest BCUT2D eigenvalue weighted by Gasteiger charge is 2.40. The zero-order chi connectivity index (χ0) is 15.0. The molecule has 2 rings (SSSR count). The number of hydrogen-bond donors (Lipinski definition) is 2. The zero-order valence-corrected chi connectivity index (χ0v) is 11.0. The molecule has 1 aromatic rings. The molecule has 4 nitrogen and oxygen atoms in total. The molecular formula is C13H16F3N3O. The van der Waals surface area contributed by atoms with Crippen molar-refractivity contribution < 1.29 is 18.0 Å². The molecule has 0 aromatic carbocycles. The van der Waals surface area contributed by atoms with Gasteiger partial charge in [0.15, 0.2) is 0 Å². The largest absolute Gasteiger partial charge is 0.433 e. The van der Waals surface area contributed by atoms with E-state index in [0.29, 0.717) is 6.54 Å². The Hall–Kier alpha value is -1.79. The number of carbonyl (C=O) groups excluding carboxylic acids is 1. The Labute approximate surface area is 114 Å². The van der Waals surface area contributed by atoms with Gasteiger partial charge in [0.05, 0.1) is 5.56 Å². The molecule has 0 atom stereocenters. The van der Waals surface area contributed by atoms with E-state index in [0.717, 1.165) is 31.4 Å². The number of nitrogens with zero attached hydrogens (tertiary/aromatic N) is 1. The van der Waals surface area contributed by atoms with Gasteiger partial charge in [-0.3, -0.25) is 4.79 Å². The second-order valence-electron chi connectivity index (χ2n) is 5.16. The van der Waals surface area contributed by atoms with Crippen molar-refractivity contribution in [2.24, 2.45) is 11.1 Å². The highest BCUT2D eigenvalue weighted by atomic mass is 19.4. The summed E-state index contributed by atoms with van der Waals surface area (Å²) in [5.74, 6) is -0.887. The van der Waals surface area contributed by atoms with E-state index in [1.54, 1.807) is 0 Å². The van der Waals surface area contributed by atoms with E-state index in [4.69, 9.17) is 5.73 Å². The molecule has 1 saturated carbocycles. The zero-order valence-electron chi connectivity index (χ0n) is 11.0. The van der Waals surface area contributed by atoms with Gasteiger partial charge in [-0.2, -0.15) is 13.2 Å². The van der Waals surface area contributed by atoms with Crippen molar-refractivity contribution >= 4 is 11.7 Å². The number of anilines is 1. The number of pyridine rings is 1. The normalized spacial score (nSPS) is 16.8. The van der Waals surface area contributed by atoms with Crippen LogP contribution < -0.4 is 11.1 Å². The Morgan fingerprint density at radius 1 is 1.45 bits per heavy atom. The summed E-state index contributed by atoms with van der Waals surface area (Å²) < 4.78 is 37.9. The Balaban J connectivity index is 2.25. The van der Waals surface area contributed by atoms with Gasteiger partial charge in [0.2, 0.25) is 0 Å². The Kier molecular flexibility index (Phi) is 3.62. The predicted octanol–water partition coefficient (Wildman–Crippen LogP) is 2.80. The second kappa shape index (κ2) is 4.96. The summed E-state index contributed by atoms with van der Waals surface area (Å²) >= 11 is 0. The first-order valence-electron chi connectivity index (χ1n) is 6.39. The third-order valence-electron chi connectivity index (χ3n) is 3.79. The summed E-state index contributed by atoms with van der Waals surface area (Å²) in [5.41, 5.74) is 4.22. The molecule has 1 aliphatic rings. The van der Waals surface area contributed by atoms with Gasteiger partial charge < -0.3 is 11.1 Å². The molecule has 3 N–H and O–H groups in total. The van der Waals surface area contributed by atoms with Crippen LogP contribution in [-0.2, 0) is 6.18 Å². The third-order valence-corrected chi connectivity index (χ3v) is 3.79. The van der Waals surface area contributed by atoms with Crippen LogP contribution in [0.4, 0.5) is 19.0 Å². The van der Waals surface area contributed by atoms with Crippen LogP contribution >= 0.6 is 0 Å². The fraction of sp³-hybridized carbons (Fsp3) is 0.538. The molecule has 0 aliphatic heterocycles. The SMILES string of the molecule is CCC1(CNc2nc(C(F)(F)F)ccc2C(N)=O)CC1. The standard InChI is InChI=1S/C13H16F3N3O/c1-2-12(5-6-12)7-18-11-8(10(17)20)3-4-9(19-11)13(14,15)16/h3-4H,2,5-7H2,1H3,(H2,17,20)(H,18,19). The summed E-state index contributed by atoms with van der Waals surface area (Å²) in [6.07, 6.45) is -1.55. The van der Waals surface area contributed by atoms with E-state index in [9.17, 15) is 18.0 Å². The van der Waals surface area contributed by atoms with Crippen LogP contribution in [0.3, 0.4) is 0 Å². The minimum Gasteiger partial charge on any atom is -0.369 e. The molecule has 1 aromatic heterocycles. The fourth-order valence-electron chi connectivity index (χ4n) is 2.05. The first-order chi connectivity index (χ1) is 9.27. The Morgan fingerprint density at radius 3 is 2.55 bits per heavy atom. The van der Waals surface area contributed by atoms with Gasteiger partial charge in [0, 0.05) is 6.54 Å². The Bertz CT molecular complexity index is 524. The highest BCUT2D eigenvalue weighted by molar-refractivity contribution is 5.97. The van der Waals surface area contributed by atoms with Gasteiger partial charge in [0.1, 0.15) is 11.5 Å². The molecule has 0 radical (unpaired) electrons. The van der Waals surface area contributed by atoms with Crippen molar-refractivity contribution in [3.8, 4) is 0 Å². The predicted molar refractivity (Wildman–Crippen MR) is 68.2 cm³/mol. The maximum atomic E-state index is 12.6. The number of hydrogen-bond acceptors (Lipinski definition) is 3.